The molecule has 0 aliphatic carbocycles. The van der Waals surface area contributed by atoms with Crippen LogP contribution in [-0.4, -0.2) is 15.9 Å². The first-order valence-corrected chi connectivity index (χ1v) is 7.09. The number of aliphatic hydroxyl groups excluding tert-OH is 1. The van der Waals surface area contributed by atoms with Gasteiger partial charge in [-0.3, -0.25) is 0 Å². The SMILES string of the molecule is [O-][S+]1c2ccccc2C=CC(O)N1c1ccccc1. The molecule has 2 aromatic carbocycles. The van der Waals surface area contributed by atoms with Crippen LogP contribution < -0.4 is 4.31 Å². The number of benzene rings is 2. The van der Waals surface area contributed by atoms with Crippen molar-refractivity contribution in [1.29, 1.82) is 0 Å². The van der Waals surface area contributed by atoms with E-state index < -0.39 is 17.6 Å². The highest BCUT2D eigenvalue weighted by Gasteiger charge is 2.32. The summed E-state index contributed by atoms with van der Waals surface area (Å²) in [5.74, 6) is 0. The summed E-state index contributed by atoms with van der Waals surface area (Å²) in [6, 6.07) is 16.7. The van der Waals surface area contributed by atoms with Gasteiger partial charge in [0.2, 0.25) is 0 Å². The van der Waals surface area contributed by atoms with Crippen LogP contribution in [0.15, 0.2) is 65.6 Å². The van der Waals surface area contributed by atoms with Gasteiger partial charge in [-0.2, -0.15) is 4.31 Å². The molecule has 4 heteroatoms. The van der Waals surface area contributed by atoms with Crippen LogP contribution in [0.1, 0.15) is 5.56 Å². The average Bonchev–Trinajstić information content (AvgIpc) is 2.58. The van der Waals surface area contributed by atoms with E-state index in [0.717, 1.165) is 11.3 Å². The molecule has 0 saturated heterocycles. The van der Waals surface area contributed by atoms with Gasteiger partial charge in [0, 0.05) is 5.56 Å². The van der Waals surface area contributed by atoms with Crippen LogP contribution in [0, 0.1) is 0 Å². The minimum absolute atomic E-state index is 0.708. The van der Waals surface area contributed by atoms with E-state index in [1.54, 1.807) is 12.2 Å². The highest BCUT2D eigenvalue weighted by molar-refractivity contribution is 7.93. The smallest absolute Gasteiger partial charge is 0.190 e. The molecule has 0 fully saturated rings. The second kappa shape index (κ2) is 5.09. The van der Waals surface area contributed by atoms with Gasteiger partial charge in [-0.05, 0) is 36.4 Å². The zero-order valence-corrected chi connectivity index (χ0v) is 11.0. The lowest BCUT2D eigenvalue weighted by Crippen LogP contribution is -2.38. The number of fused-ring (bicyclic) bond motifs is 1. The van der Waals surface area contributed by atoms with E-state index in [-0.39, 0.29) is 0 Å². The Balaban J connectivity index is 2.09. The minimum Gasteiger partial charge on any atom is -0.588 e. The van der Waals surface area contributed by atoms with Crippen molar-refractivity contribution in [1.82, 2.24) is 0 Å². The Labute approximate surface area is 115 Å². The third kappa shape index (κ3) is 2.26. The quantitative estimate of drug-likeness (QED) is 0.811. The molecule has 1 N–H and O–H groups in total. The van der Waals surface area contributed by atoms with Crippen LogP contribution in [-0.2, 0) is 11.4 Å². The minimum atomic E-state index is -1.43. The molecule has 0 aromatic heterocycles. The molecule has 0 bridgehead atoms. The van der Waals surface area contributed by atoms with Crippen LogP contribution in [0.3, 0.4) is 0 Å². The zero-order valence-electron chi connectivity index (χ0n) is 10.1. The van der Waals surface area contributed by atoms with Crippen LogP contribution in [0.2, 0.25) is 0 Å². The highest BCUT2D eigenvalue weighted by Crippen LogP contribution is 2.30. The van der Waals surface area contributed by atoms with E-state index in [1.807, 2.05) is 54.6 Å². The summed E-state index contributed by atoms with van der Waals surface area (Å²) >= 11 is -1.43. The summed E-state index contributed by atoms with van der Waals surface area (Å²) in [6.07, 6.45) is 2.55. The number of nitrogens with zero attached hydrogens (tertiary/aromatic N) is 1. The van der Waals surface area contributed by atoms with Gasteiger partial charge in [0.15, 0.2) is 11.1 Å². The van der Waals surface area contributed by atoms with Gasteiger partial charge in [-0.1, -0.05) is 30.3 Å². The zero-order chi connectivity index (χ0) is 13.2. The largest absolute Gasteiger partial charge is 0.588 e. The van der Waals surface area contributed by atoms with Crippen molar-refractivity contribution in [2.45, 2.75) is 11.1 Å². The summed E-state index contributed by atoms with van der Waals surface area (Å²) in [4.78, 5) is 0.708. The number of rotatable bonds is 1. The van der Waals surface area contributed by atoms with Crippen molar-refractivity contribution in [3.05, 3.63) is 66.2 Å². The number of anilines is 1. The number of aliphatic hydroxyl groups is 1. The lowest BCUT2D eigenvalue weighted by Gasteiger charge is -2.27. The Hall–Kier alpha value is -1.75. The maximum absolute atomic E-state index is 12.7. The molecule has 1 heterocycles. The van der Waals surface area contributed by atoms with Gasteiger partial charge < -0.3 is 9.66 Å². The van der Waals surface area contributed by atoms with Crippen LogP contribution in [0.4, 0.5) is 5.69 Å². The monoisotopic (exact) mass is 271 g/mol. The maximum atomic E-state index is 12.7. The molecule has 1 aliphatic heterocycles. The average molecular weight is 271 g/mol. The Kier molecular flexibility index (Phi) is 3.29. The lowest BCUT2D eigenvalue weighted by molar-refractivity contribution is 0.236. The van der Waals surface area contributed by atoms with E-state index in [0.29, 0.717) is 4.90 Å². The normalized spacial score (nSPS) is 21.9. The third-order valence-electron chi connectivity index (χ3n) is 2.98. The van der Waals surface area contributed by atoms with Crippen molar-refractivity contribution in [2.75, 3.05) is 4.31 Å². The van der Waals surface area contributed by atoms with Crippen molar-refractivity contribution >= 4 is 23.1 Å². The summed E-state index contributed by atoms with van der Waals surface area (Å²) in [7, 11) is 0. The van der Waals surface area contributed by atoms with Crippen molar-refractivity contribution in [2.24, 2.45) is 0 Å². The Morgan fingerprint density at radius 2 is 1.68 bits per heavy atom. The molecule has 19 heavy (non-hydrogen) atoms. The molecule has 2 aromatic rings. The summed E-state index contributed by atoms with van der Waals surface area (Å²) < 4.78 is 14.2. The third-order valence-corrected chi connectivity index (χ3v) is 4.52. The molecule has 0 radical (unpaired) electrons. The van der Waals surface area contributed by atoms with E-state index in [1.165, 1.54) is 4.31 Å². The topological polar surface area (TPSA) is 46.5 Å². The fraction of sp³-hybridized carbons (Fsp3) is 0.0667. The molecule has 2 unspecified atom stereocenters. The number of hydrogen-bond acceptors (Lipinski definition) is 3. The molecule has 3 nitrogen and oxygen atoms in total. The summed E-state index contributed by atoms with van der Waals surface area (Å²) in [5.41, 5.74) is 1.60. The molecular weight excluding hydrogens is 258 g/mol. The van der Waals surface area contributed by atoms with Crippen LogP contribution >= 0.6 is 0 Å². The fourth-order valence-corrected chi connectivity index (χ4v) is 3.40. The molecule has 1 aliphatic rings. The molecule has 3 rings (SSSR count). The predicted octanol–water partition coefficient (Wildman–Crippen LogP) is 2.56. The fourth-order valence-electron chi connectivity index (χ4n) is 2.07. The predicted molar refractivity (Wildman–Crippen MR) is 76.8 cm³/mol. The van der Waals surface area contributed by atoms with Crippen molar-refractivity contribution < 1.29 is 9.66 Å². The molecule has 96 valence electrons. The maximum Gasteiger partial charge on any atom is 0.190 e. The first-order chi connectivity index (χ1) is 9.27. The Bertz CT molecular complexity index is 600. The lowest BCUT2D eigenvalue weighted by atomic mass is 10.2. The highest BCUT2D eigenvalue weighted by atomic mass is 32.2. The Morgan fingerprint density at radius 1 is 1.00 bits per heavy atom. The van der Waals surface area contributed by atoms with Gasteiger partial charge in [0.05, 0.1) is 5.69 Å². The van der Waals surface area contributed by atoms with E-state index in [2.05, 4.69) is 0 Å². The van der Waals surface area contributed by atoms with E-state index in [4.69, 9.17) is 0 Å². The molecular formula is C15H13NO2S. The van der Waals surface area contributed by atoms with Crippen molar-refractivity contribution in [3.63, 3.8) is 0 Å². The van der Waals surface area contributed by atoms with Crippen molar-refractivity contribution in [3.8, 4) is 0 Å². The first kappa shape index (κ1) is 12.3. The van der Waals surface area contributed by atoms with E-state index >= 15 is 0 Å². The number of hydrogen-bond donors (Lipinski definition) is 1. The number of para-hydroxylation sites is 1. The van der Waals surface area contributed by atoms with Gasteiger partial charge in [0.25, 0.3) is 0 Å². The second-order valence-corrected chi connectivity index (χ2v) is 5.55. The van der Waals surface area contributed by atoms with Gasteiger partial charge in [-0.15, -0.1) is 0 Å². The van der Waals surface area contributed by atoms with Gasteiger partial charge in [0.1, 0.15) is 11.4 Å². The molecule has 0 spiro atoms. The van der Waals surface area contributed by atoms with Crippen LogP contribution in [0.5, 0.6) is 0 Å². The second-order valence-electron chi connectivity index (χ2n) is 4.22. The molecule has 2 atom stereocenters. The molecule has 0 amide bonds. The van der Waals surface area contributed by atoms with Gasteiger partial charge in [-0.25, -0.2) is 0 Å². The van der Waals surface area contributed by atoms with E-state index in [9.17, 15) is 9.66 Å². The van der Waals surface area contributed by atoms with Gasteiger partial charge >= 0.3 is 0 Å². The Morgan fingerprint density at radius 3 is 2.47 bits per heavy atom. The molecule has 0 saturated carbocycles. The standard InChI is InChI=1S/C15H13NO2S/c17-15-11-10-12-6-4-5-9-14(12)19(18)16(15)13-7-2-1-3-8-13/h1-11,15,17H. The summed E-state index contributed by atoms with van der Waals surface area (Å²) in [6.45, 7) is 0. The van der Waals surface area contributed by atoms with Crippen LogP contribution in [0.25, 0.3) is 6.08 Å². The first-order valence-electron chi connectivity index (χ1n) is 5.99. The summed E-state index contributed by atoms with van der Waals surface area (Å²) in [5, 5.41) is 10.2.